The molecule has 6 nitrogen and oxygen atoms in total. The molecule has 1 fully saturated rings. The van der Waals surface area contributed by atoms with Gasteiger partial charge in [0.05, 0.1) is 5.92 Å². The van der Waals surface area contributed by atoms with Crippen molar-refractivity contribution in [2.24, 2.45) is 5.92 Å². The third-order valence-electron chi connectivity index (χ3n) is 4.01. The second kappa shape index (κ2) is 6.70. The quantitative estimate of drug-likeness (QED) is 0.904. The maximum absolute atomic E-state index is 12.3. The molecule has 6 heteroatoms. The standard InChI is InChI=1S/C16H21N5O/c1-2-21-11-18-20-15(21)12-5-3-7-14(9-12)19-16(22)13-6-4-8-17-10-13/h3,5,7,9,11,13,17H,2,4,6,8,10H2,1H3,(H,19,22). The highest BCUT2D eigenvalue weighted by Gasteiger charge is 2.21. The van der Waals surface area contributed by atoms with Crippen molar-refractivity contribution in [3.63, 3.8) is 0 Å². The van der Waals surface area contributed by atoms with E-state index in [1.54, 1.807) is 6.33 Å². The van der Waals surface area contributed by atoms with Crippen LogP contribution in [0.25, 0.3) is 11.4 Å². The lowest BCUT2D eigenvalue weighted by atomic mass is 9.98. The number of hydrogen-bond donors (Lipinski definition) is 2. The molecule has 2 heterocycles. The number of aromatic nitrogens is 3. The van der Waals surface area contributed by atoms with Crippen LogP contribution in [0.2, 0.25) is 0 Å². The minimum Gasteiger partial charge on any atom is -0.326 e. The van der Waals surface area contributed by atoms with E-state index in [0.717, 1.165) is 49.6 Å². The summed E-state index contributed by atoms with van der Waals surface area (Å²) in [6.45, 7) is 4.63. The smallest absolute Gasteiger partial charge is 0.228 e. The molecule has 3 rings (SSSR count). The first-order chi connectivity index (χ1) is 10.8. The van der Waals surface area contributed by atoms with Gasteiger partial charge in [0.25, 0.3) is 0 Å². The second-order valence-corrected chi connectivity index (χ2v) is 5.55. The highest BCUT2D eigenvalue weighted by Crippen LogP contribution is 2.21. The summed E-state index contributed by atoms with van der Waals surface area (Å²) in [4.78, 5) is 12.3. The lowest BCUT2D eigenvalue weighted by molar-refractivity contribution is -0.120. The Balaban J connectivity index is 1.75. The number of carbonyl (C=O) groups excluding carboxylic acids is 1. The van der Waals surface area contributed by atoms with Crippen molar-refractivity contribution in [3.8, 4) is 11.4 Å². The van der Waals surface area contributed by atoms with E-state index in [2.05, 4.69) is 27.8 Å². The van der Waals surface area contributed by atoms with Gasteiger partial charge in [-0.3, -0.25) is 4.79 Å². The van der Waals surface area contributed by atoms with E-state index in [-0.39, 0.29) is 11.8 Å². The number of carbonyl (C=O) groups is 1. The summed E-state index contributed by atoms with van der Waals surface area (Å²) < 4.78 is 1.98. The Morgan fingerprint density at radius 2 is 2.41 bits per heavy atom. The third kappa shape index (κ3) is 3.17. The van der Waals surface area contributed by atoms with Gasteiger partial charge in [-0.25, -0.2) is 0 Å². The molecule has 1 aliphatic heterocycles. The predicted molar refractivity (Wildman–Crippen MR) is 85.4 cm³/mol. The number of hydrogen-bond acceptors (Lipinski definition) is 4. The summed E-state index contributed by atoms with van der Waals surface area (Å²) in [7, 11) is 0. The summed E-state index contributed by atoms with van der Waals surface area (Å²) in [6, 6.07) is 7.77. The Hall–Kier alpha value is -2.21. The van der Waals surface area contributed by atoms with E-state index in [0.29, 0.717) is 0 Å². The van der Waals surface area contributed by atoms with Crippen molar-refractivity contribution in [2.75, 3.05) is 18.4 Å². The number of rotatable bonds is 4. The van der Waals surface area contributed by atoms with Gasteiger partial charge in [-0.15, -0.1) is 10.2 Å². The van der Waals surface area contributed by atoms with E-state index in [9.17, 15) is 4.79 Å². The molecule has 1 aliphatic rings. The molecule has 22 heavy (non-hydrogen) atoms. The number of piperidine rings is 1. The van der Waals surface area contributed by atoms with Crippen LogP contribution in [0.5, 0.6) is 0 Å². The number of amides is 1. The maximum atomic E-state index is 12.3. The van der Waals surface area contributed by atoms with Gasteiger partial charge in [-0.1, -0.05) is 12.1 Å². The molecule has 0 spiro atoms. The van der Waals surface area contributed by atoms with Crippen LogP contribution in [0.15, 0.2) is 30.6 Å². The normalized spacial score (nSPS) is 18.1. The molecule has 1 aromatic carbocycles. The van der Waals surface area contributed by atoms with E-state index in [1.807, 2.05) is 28.8 Å². The molecular formula is C16H21N5O. The SMILES string of the molecule is CCn1cnnc1-c1cccc(NC(=O)C2CCCNC2)c1. The molecule has 0 bridgehead atoms. The van der Waals surface area contributed by atoms with Gasteiger partial charge in [0, 0.05) is 24.3 Å². The van der Waals surface area contributed by atoms with E-state index < -0.39 is 0 Å². The van der Waals surface area contributed by atoms with Gasteiger partial charge >= 0.3 is 0 Å². The van der Waals surface area contributed by atoms with Crippen molar-refractivity contribution in [1.29, 1.82) is 0 Å². The zero-order valence-electron chi connectivity index (χ0n) is 12.7. The number of benzene rings is 1. The summed E-state index contributed by atoms with van der Waals surface area (Å²) in [6.07, 6.45) is 3.72. The van der Waals surface area contributed by atoms with E-state index in [1.165, 1.54) is 0 Å². The van der Waals surface area contributed by atoms with Crippen molar-refractivity contribution < 1.29 is 4.79 Å². The van der Waals surface area contributed by atoms with Crippen LogP contribution in [0.3, 0.4) is 0 Å². The molecule has 1 atom stereocenters. The van der Waals surface area contributed by atoms with Crippen LogP contribution in [-0.2, 0) is 11.3 Å². The molecular weight excluding hydrogens is 278 g/mol. The molecule has 2 N–H and O–H groups in total. The molecule has 2 aromatic rings. The van der Waals surface area contributed by atoms with Gasteiger partial charge < -0.3 is 15.2 Å². The topological polar surface area (TPSA) is 71.8 Å². The predicted octanol–water partition coefficient (Wildman–Crippen LogP) is 1.90. The fourth-order valence-corrected chi connectivity index (χ4v) is 2.77. The molecule has 1 amide bonds. The maximum Gasteiger partial charge on any atom is 0.228 e. The third-order valence-corrected chi connectivity index (χ3v) is 4.01. The fourth-order valence-electron chi connectivity index (χ4n) is 2.77. The molecule has 1 aromatic heterocycles. The van der Waals surface area contributed by atoms with Crippen LogP contribution in [0.1, 0.15) is 19.8 Å². The molecule has 1 unspecified atom stereocenters. The Bertz CT molecular complexity index is 645. The molecule has 0 saturated carbocycles. The van der Waals surface area contributed by atoms with Gasteiger partial charge in [0.15, 0.2) is 5.82 Å². The number of nitrogens with zero attached hydrogens (tertiary/aromatic N) is 3. The van der Waals surface area contributed by atoms with Crippen molar-refractivity contribution in [2.45, 2.75) is 26.3 Å². The molecule has 1 saturated heterocycles. The zero-order valence-corrected chi connectivity index (χ0v) is 12.7. The summed E-state index contributed by atoms with van der Waals surface area (Å²) in [5.74, 6) is 0.955. The van der Waals surface area contributed by atoms with Crippen LogP contribution < -0.4 is 10.6 Å². The minimum absolute atomic E-state index is 0.0525. The van der Waals surface area contributed by atoms with E-state index in [4.69, 9.17) is 0 Å². The minimum atomic E-state index is 0.0525. The van der Waals surface area contributed by atoms with Gasteiger partial charge in [0.1, 0.15) is 6.33 Å². The highest BCUT2D eigenvalue weighted by atomic mass is 16.1. The van der Waals surface area contributed by atoms with Crippen molar-refractivity contribution in [3.05, 3.63) is 30.6 Å². The van der Waals surface area contributed by atoms with Gasteiger partial charge in [-0.2, -0.15) is 0 Å². The average molecular weight is 299 g/mol. The second-order valence-electron chi connectivity index (χ2n) is 5.55. The Morgan fingerprint density at radius 3 is 3.18 bits per heavy atom. The van der Waals surface area contributed by atoms with E-state index >= 15 is 0 Å². The van der Waals surface area contributed by atoms with Crippen LogP contribution in [0, 0.1) is 5.92 Å². The zero-order chi connectivity index (χ0) is 15.4. The Morgan fingerprint density at radius 1 is 1.50 bits per heavy atom. The first-order valence-corrected chi connectivity index (χ1v) is 7.77. The largest absolute Gasteiger partial charge is 0.326 e. The average Bonchev–Trinajstić information content (AvgIpc) is 3.04. The Labute approximate surface area is 129 Å². The van der Waals surface area contributed by atoms with Crippen LogP contribution in [-0.4, -0.2) is 33.8 Å². The lowest BCUT2D eigenvalue weighted by Crippen LogP contribution is -2.37. The molecule has 116 valence electrons. The lowest BCUT2D eigenvalue weighted by Gasteiger charge is -2.22. The highest BCUT2D eigenvalue weighted by molar-refractivity contribution is 5.93. The number of nitrogens with one attached hydrogen (secondary N) is 2. The van der Waals surface area contributed by atoms with Gasteiger partial charge in [0.2, 0.25) is 5.91 Å². The van der Waals surface area contributed by atoms with Crippen LogP contribution >= 0.6 is 0 Å². The first kappa shape index (κ1) is 14.7. The first-order valence-electron chi connectivity index (χ1n) is 7.77. The van der Waals surface area contributed by atoms with Crippen molar-refractivity contribution >= 4 is 11.6 Å². The molecule has 0 radical (unpaired) electrons. The Kier molecular flexibility index (Phi) is 4.48. The summed E-state index contributed by atoms with van der Waals surface area (Å²) >= 11 is 0. The summed E-state index contributed by atoms with van der Waals surface area (Å²) in [5.41, 5.74) is 1.76. The van der Waals surface area contributed by atoms with Gasteiger partial charge in [-0.05, 0) is 38.4 Å². The molecule has 0 aliphatic carbocycles. The monoisotopic (exact) mass is 299 g/mol. The number of aryl methyl sites for hydroxylation is 1. The fraction of sp³-hybridized carbons (Fsp3) is 0.438. The van der Waals surface area contributed by atoms with Crippen molar-refractivity contribution in [1.82, 2.24) is 20.1 Å². The summed E-state index contributed by atoms with van der Waals surface area (Å²) in [5, 5.41) is 14.4. The number of anilines is 1. The van der Waals surface area contributed by atoms with Crippen LogP contribution in [0.4, 0.5) is 5.69 Å².